The van der Waals surface area contributed by atoms with Gasteiger partial charge in [0.1, 0.15) is 8.30 Å². The van der Waals surface area contributed by atoms with Crippen molar-refractivity contribution < 1.29 is 4.52 Å². The number of nitrogens with zero attached hydrogens (tertiary/aromatic N) is 2. The third-order valence-electron chi connectivity index (χ3n) is 3.88. The molecule has 0 aromatic heterocycles. The molecule has 0 spiro atoms. The second-order valence-corrected chi connectivity index (χ2v) is 8.24. The lowest BCUT2D eigenvalue weighted by Gasteiger charge is -2.50. The minimum atomic E-state index is -0.586. The second kappa shape index (κ2) is 7.58. The Bertz CT molecular complexity index is 294. The first kappa shape index (κ1) is 16.9. The molecule has 19 heavy (non-hydrogen) atoms. The Morgan fingerprint density at radius 3 is 2.42 bits per heavy atom. The van der Waals surface area contributed by atoms with Crippen LogP contribution in [0.1, 0.15) is 54.4 Å². The molecule has 4 atom stereocenters. The Morgan fingerprint density at radius 1 is 1.32 bits per heavy atom. The summed E-state index contributed by atoms with van der Waals surface area (Å²) in [6.45, 7) is 14.4. The quantitative estimate of drug-likeness (QED) is 0.555. The van der Waals surface area contributed by atoms with E-state index in [-0.39, 0.29) is 0 Å². The largest absolute Gasteiger partial charge is 0.342 e. The van der Waals surface area contributed by atoms with Crippen LogP contribution in [0.3, 0.4) is 0 Å². The van der Waals surface area contributed by atoms with Gasteiger partial charge in [-0.15, -0.1) is 0 Å². The van der Waals surface area contributed by atoms with Crippen LogP contribution in [-0.4, -0.2) is 29.0 Å². The predicted molar refractivity (Wildman–Crippen MR) is 81.9 cm³/mol. The molecule has 1 aliphatic heterocycles. The van der Waals surface area contributed by atoms with Gasteiger partial charge in [0.25, 0.3) is 0 Å². The SMILES string of the molecule is CC(C)C1C(C)CC(C)N(C(C)C)P1OCCC#N. The Hall–Kier alpha value is -0.160. The van der Waals surface area contributed by atoms with E-state index in [2.05, 4.69) is 52.3 Å². The Kier molecular flexibility index (Phi) is 6.74. The molecule has 0 radical (unpaired) electrons. The minimum Gasteiger partial charge on any atom is -0.342 e. The zero-order valence-corrected chi connectivity index (χ0v) is 14.2. The zero-order valence-electron chi connectivity index (χ0n) is 13.3. The first-order valence-electron chi connectivity index (χ1n) is 7.47. The van der Waals surface area contributed by atoms with Crippen LogP contribution in [-0.2, 0) is 4.52 Å². The van der Waals surface area contributed by atoms with E-state index in [1.165, 1.54) is 6.42 Å². The third kappa shape index (κ3) is 4.15. The van der Waals surface area contributed by atoms with Crippen molar-refractivity contribution in [2.45, 2.75) is 72.1 Å². The van der Waals surface area contributed by atoms with Crippen molar-refractivity contribution >= 4 is 8.30 Å². The fraction of sp³-hybridized carbons (Fsp3) is 0.933. The van der Waals surface area contributed by atoms with Crippen LogP contribution >= 0.6 is 8.30 Å². The summed E-state index contributed by atoms with van der Waals surface area (Å²) in [7, 11) is -0.586. The van der Waals surface area contributed by atoms with Gasteiger partial charge >= 0.3 is 0 Å². The number of hydrogen-bond donors (Lipinski definition) is 0. The van der Waals surface area contributed by atoms with Crippen LogP contribution in [0.5, 0.6) is 0 Å². The average molecular weight is 284 g/mol. The van der Waals surface area contributed by atoms with Gasteiger partial charge in [0.2, 0.25) is 0 Å². The molecule has 4 unspecified atom stereocenters. The summed E-state index contributed by atoms with van der Waals surface area (Å²) < 4.78 is 8.75. The fourth-order valence-corrected chi connectivity index (χ4v) is 6.23. The van der Waals surface area contributed by atoms with E-state index in [9.17, 15) is 0 Å². The normalized spacial score (nSPS) is 32.8. The van der Waals surface area contributed by atoms with Crippen LogP contribution in [0.4, 0.5) is 0 Å². The van der Waals surface area contributed by atoms with Gasteiger partial charge in [-0.05, 0) is 39.0 Å². The Labute approximate surface area is 120 Å². The zero-order chi connectivity index (χ0) is 14.6. The van der Waals surface area contributed by atoms with Crippen LogP contribution in [0, 0.1) is 23.2 Å². The van der Waals surface area contributed by atoms with Gasteiger partial charge < -0.3 is 4.52 Å². The van der Waals surface area contributed by atoms with Gasteiger partial charge in [-0.1, -0.05) is 20.8 Å². The van der Waals surface area contributed by atoms with Crippen molar-refractivity contribution in [3.63, 3.8) is 0 Å². The third-order valence-corrected chi connectivity index (χ3v) is 7.25. The van der Waals surface area contributed by atoms with Gasteiger partial charge in [0.15, 0.2) is 0 Å². The van der Waals surface area contributed by atoms with Gasteiger partial charge in [-0.3, -0.25) is 4.67 Å². The maximum atomic E-state index is 8.71. The Morgan fingerprint density at radius 2 is 1.95 bits per heavy atom. The monoisotopic (exact) mass is 284 g/mol. The molecule has 0 aliphatic carbocycles. The summed E-state index contributed by atoms with van der Waals surface area (Å²) in [5.41, 5.74) is 0.618. The molecular formula is C15H29N2OP. The van der Waals surface area contributed by atoms with Crippen LogP contribution in [0.2, 0.25) is 0 Å². The lowest BCUT2D eigenvalue weighted by molar-refractivity contribution is 0.176. The van der Waals surface area contributed by atoms with Crippen molar-refractivity contribution in [2.75, 3.05) is 6.61 Å². The van der Waals surface area contributed by atoms with Crippen molar-refractivity contribution in [1.29, 1.82) is 5.26 Å². The molecular weight excluding hydrogens is 255 g/mol. The fourth-order valence-electron chi connectivity index (χ4n) is 3.34. The predicted octanol–water partition coefficient (Wildman–Crippen LogP) is 4.39. The second-order valence-electron chi connectivity index (χ2n) is 6.31. The molecule has 0 aromatic carbocycles. The molecule has 0 N–H and O–H groups in total. The highest BCUT2D eigenvalue weighted by atomic mass is 31.2. The van der Waals surface area contributed by atoms with Gasteiger partial charge in [0, 0.05) is 17.7 Å². The highest BCUT2D eigenvalue weighted by Gasteiger charge is 2.43. The van der Waals surface area contributed by atoms with E-state index in [0.29, 0.717) is 42.6 Å². The van der Waals surface area contributed by atoms with Gasteiger partial charge in [-0.25, -0.2) is 0 Å². The topological polar surface area (TPSA) is 36.3 Å². The van der Waals surface area contributed by atoms with E-state index in [4.69, 9.17) is 9.79 Å². The van der Waals surface area contributed by atoms with Crippen molar-refractivity contribution in [2.24, 2.45) is 11.8 Å². The summed E-state index contributed by atoms with van der Waals surface area (Å²) in [4.78, 5) is 0. The first-order valence-corrected chi connectivity index (χ1v) is 8.75. The van der Waals surface area contributed by atoms with Crippen LogP contribution in [0.15, 0.2) is 0 Å². The molecule has 0 amide bonds. The number of rotatable bonds is 5. The summed E-state index contributed by atoms with van der Waals surface area (Å²) >= 11 is 0. The standard InChI is InChI=1S/C15H29N2OP/c1-11(2)15-13(5)10-14(6)17(12(3)4)19(15)18-9-7-8-16/h11-15H,7,9-10H2,1-6H3. The van der Waals surface area contributed by atoms with E-state index in [1.54, 1.807) is 0 Å². The maximum Gasteiger partial charge on any atom is 0.108 e. The van der Waals surface area contributed by atoms with E-state index >= 15 is 0 Å². The molecule has 0 saturated carbocycles. The van der Waals surface area contributed by atoms with E-state index < -0.39 is 8.30 Å². The molecule has 3 nitrogen and oxygen atoms in total. The van der Waals surface area contributed by atoms with Gasteiger partial charge in [-0.2, -0.15) is 5.26 Å². The molecule has 1 heterocycles. The van der Waals surface area contributed by atoms with Crippen molar-refractivity contribution in [3.8, 4) is 6.07 Å². The molecule has 1 fully saturated rings. The van der Waals surface area contributed by atoms with E-state index in [0.717, 1.165) is 0 Å². The van der Waals surface area contributed by atoms with Gasteiger partial charge in [0.05, 0.1) is 19.1 Å². The molecule has 1 aliphatic rings. The highest BCUT2D eigenvalue weighted by Crippen LogP contribution is 2.58. The lowest BCUT2D eigenvalue weighted by Crippen LogP contribution is -2.46. The Balaban J connectivity index is 2.90. The minimum absolute atomic E-state index is 0.498. The highest BCUT2D eigenvalue weighted by molar-refractivity contribution is 7.51. The summed E-state index contributed by atoms with van der Waals surface area (Å²) in [5, 5.41) is 8.71. The summed E-state index contributed by atoms with van der Waals surface area (Å²) in [6, 6.07) is 3.28. The molecule has 1 rings (SSSR count). The first-order chi connectivity index (χ1) is 8.90. The number of nitriles is 1. The molecule has 4 heteroatoms. The lowest BCUT2D eigenvalue weighted by atomic mass is 9.92. The van der Waals surface area contributed by atoms with Crippen molar-refractivity contribution in [3.05, 3.63) is 0 Å². The summed E-state index contributed by atoms with van der Waals surface area (Å²) in [5.74, 6) is 1.34. The molecule has 1 saturated heterocycles. The molecule has 110 valence electrons. The molecule has 0 bridgehead atoms. The molecule has 0 aromatic rings. The van der Waals surface area contributed by atoms with Crippen LogP contribution in [0.25, 0.3) is 0 Å². The number of hydrogen-bond acceptors (Lipinski definition) is 3. The maximum absolute atomic E-state index is 8.71. The van der Waals surface area contributed by atoms with E-state index in [1.807, 2.05) is 0 Å². The van der Waals surface area contributed by atoms with Crippen LogP contribution < -0.4 is 0 Å². The van der Waals surface area contributed by atoms with Crippen molar-refractivity contribution in [1.82, 2.24) is 4.67 Å². The summed E-state index contributed by atoms with van der Waals surface area (Å²) in [6.07, 6.45) is 1.75. The average Bonchev–Trinajstić information content (AvgIpc) is 2.27. The smallest absolute Gasteiger partial charge is 0.108 e.